The highest BCUT2D eigenvalue weighted by Gasteiger charge is 2.39. The number of aryl methyl sites for hydroxylation is 2. The number of fused-ring (bicyclic) bond motifs is 2. The van der Waals surface area contributed by atoms with E-state index < -0.39 is 0 Å². The molecule has 2 aliphatic rings. The van der Waals surface area contributed by atoms with Gasteiger partial charge in [0, 0.05) is 17.0 Å². The van der Waals surface area contributed by atoms with Crippen LogP contribution < -0.4 is 11.1 Å². The third-order valence-corrected chi connectivity index (χ3v) is 6.56. The van der Waals surface area contributed by atoms with Crippen molar-refractivity contribution in [2.75, 3.05) is 5.75 Å². The fourth-order valence-electron chi connectivity index (χ4n) is 4.26. The van der Waals surface area contributed by atoms with Gasteiger partial charge in [-0.25, -0.2) is 0 Å². The van der Waals surface area contributed by atoms with Gasteiger partial charge in [0.15, 0.2) is 0 Å². The second-order valence-electron chi connectivity index (χ2n) is 7.33. The molecule has 1 aromatic rings. The van der Waals surface area contributed by atoms with E-state index in [0.717, 1.165) is 12.8 Å². The number of thioether (sulfide) groups is 1. The van der Waals surface area contributed by atoms with E-state index in [2.05, 4.69) is 37.4 Å². The molecule has 2 atom stereocenters. The van der Waals surface area contributed by atoms with Crippen LogP contribution in [0.4, 0.5) is 0 Å². The molecule has 2 saturated carbocycles. The summed E-state index contributed by atoms with van der Waals surface area (Å²) in [4.78, 5) is 13.6. The summed E-state index contributed by atoms with van der Waals surface area (Å²) in [7, 11) is 0. The molecular weight excluding hydrogens is 304 g/mol. The Morgan fingerprint density at radius 2 is 1.96 bits per heavy atom. The van der Waals surface area contributed by atoms with Crippen molar-refractivity contribution >= 4 is 17.7 Å². The van der Waals surface area contributed by atoms with Crippen molar-refractivity contribution in [3.8, 4) is 0 Å². The van der Waals surface area contributed by atoms with Crippen LogP contribution in [0.25, 0.3) is 0 Å². The van der Waals surface area contributed by atoms with Crippen molar-refractivity contribution < 1.29 is 4.79 Å². The third-order valence-electron chi connectivity index (χ3n) is 5.41. The lowest BCUT2D eigenvalue weighted by molar-refractivity contribution is -0.120. The topological polar surface area (TPSA) is 55.1 Å². The number of carbonyl (C=O) groups is 1. The standard InChI is InChI=1S/C19H28N2OS/c1-12-6-7-13(2)17(8-12)23-11-18(22)21-19-14-4-3-5-15(19)10-16(20)9-14/h6-8,14-16,19H,3-5,9-11,20H2,1-2H3,(H,21,22). The van der Waals surface area contributed by atoms with Crippen LogP contribution in [0.3, 0.4) is 0 Å². The van der Waals surface area contributed by atoms with Gasteiger partial charge in [0.1, 0.15) is 0 Å². The Hall–Kier alpha value is -1.00. The van der Waals surface area contributed by atoms with Crippen LogP contribution in [0, 0.1) is 25.7 Å². The van der Waals surface area contributed by atoms with Gasteiger partial charge in [0.05, 0.1) is 5.75 Å². The Labute approximate surface area is 143 Å². The fourth-order valence-corrected chi connectivity index (χ4v) is 5.19. The zero-order chi connectivity index (χ0) is 16.4. The Morgan fingerprint density at radius 1 is 1.26 bits per heavy atom. The average molecular weight is 333 g/mol. The van der Waals surface area contributed by atoms with E-state index in [-0.39, 0.29) is 5.91 Å². The first-order valence-electron chi connectivity index (χ1n) is 8.78. The van der Waals surface area contributed by atoms with Crippen LogP contribution in [0.1, 0.15) is 43.2 Å². The summed E-state index contributed by atoms with van der Waals surface area (Å²) in [5.41, 5.74) is 8.66. The predicted molar refractivity (Wildman–Crippen MR) is 96.6 cm³/mol. The lowest BCUT2D eigenvalue weighted by Crippen LogP contribution is -2.54. The zero-order valence-electron chi connectivity index (χ0n) is 14.2. The van der Waals surface area contributed by atoms with Crippen LogP contribution >= 0.6 is 11.8 Å². The van der Waals surface area contributed by atoms with E-state index in [1.807, 2.05) is 0 Å². The van der Waals surface area contributed by atoms with Gasteiger partial charge < -0.3 is 11.1 Å². The lowest BCUT2D eigenvalue weighted by Gasteiger charge is -2.45. The molecule has 0 saturated heterocycles. The molecule has 0 radical (unpaired) electrons. The van der Waals surface area contributed by atoms with Crippen molar-refractivity contribution in [1.29, 1.82) is 0 Å². The molecule has 1 amide bonds. The van der Waals surface area contributed by atoms with Gasteiger partial charge in [-0.2, -0.15) is 0 Å². The van der Waals surface area contributed by atoms with Gasteiger partial charge in [-0.3, -0.25) is 4.79 Å². The van der Waals surface area contributed by atoms with Crippen LogP contribution in [0.2, 0.25) is 0 Å². The summed E-state index contributed by atoms with van der Waals surface area (Å²) in [5.74, 6) is 1.86. The number of rotatable bonds is 4. The van der Waals surface area contributed by atoms with E-state index in [4.69, 9.17) is 5.73 Å². The van der Waals surface area contributed by atoms with Crippen molar-refractivity contribution in [1.82, 2.24) is 5.32 Å². The second-order valence-corrected chi connectivity index (χ2v) is 8.35. The summed E-state index contributed by atoms with van der Waals surface area (Å²) < 4.78 is 0. The molecule has 0 aliphatic heterocycles. The number of hydrogen-bond acceptors (Lipinski definition) is 3. The zero-order valence-corrected chi connectivity index (χ0v) is 15.0. The number of nitrogens with one attached hydrogen (secondary N) is 1. The highest BCUT2D eigenvalue weighted by Crippen LogP contribution is 2.39. The smallest absolute Gasteiger partial charge is 0.230 e. The molecule has 2 fully saturated rings. The summed E-state index contributed by atoms with van der Waals surface area (Å²) in [6, 6.07) is 7.11. The Kier molecular flexibility index (Phi) is 5.32. The first kappa shape index (κ1) is 16.8. The monoisotopic (exact) mass is 332 g/mol. The molecule has 2 aliphatic carbocycles. The van der Waals surface area contributed by atoms with E-state index in [1.54, 1.807) is 11.8 Å². The highest BCUT2D eigenvalue weighted by atomic mass is 32.2. The highest BCUT2D eigenvalue weighted by molar-refractivity contribution is 8.00. The Bertz CT molecular complexity index is 560. The Morgan fingerprint density at radius 3 is 2.65 bits per heavy atom. The van der Waals surface area contributed by atoms with Crippen LogP contribution in [-0.2, 0) is 4.79 Å². The SMILES string of the molecule is Cc1ccc(C)c(SCC(=O)NC2C3CCCC2CC(N)C3)c1. The average Bonchev–Trinajstić information content (AvgIpc) is 2.49. The minimum Gasteiger partial charge on any atom is -0.352 e. The molecule has 2 unspecified atom stereocenters. The normalized spacial score (nSPS) is 30.0. The molecule has 0 heterocycles. The molecule has 3 nitrogen and oxygen atoms in total. The quantitative estimate of drug-likeness (QED) is 0.831. The van der Waals surface area contributed by atoms with Crippen LogP contribution in [-0.4, -0.2) is 23.7 Å². The molecular formula is C19H28N2OS. The molecule has 0 spiro atoms. The third kappa shape index (κ3) is 4.10. The van der Waals surface area contributed by atoms with Crippen molar-refractivity contribution in [3.05, 3.63) is 29.3 Å². The molecule has 0 aromatic heterocycles. The first-order valence-corrected chi connectivity index (χ1v) is 9.76. The predicted octanol–water partition coefficient (Wildman–Crippen LogP) is 3.42. The molecule has 3 rings (SSSR count). The second kappa shape index (κ2) is 7.27. The lowest BCUT2D eigenvalue weighted by atomic mass is 9.67. The minimum absolute atomic E-state index is 0.174. The summed E-state index contributed by atoms with van der Waals surface area (Å²) in [6.45, 7) is 4.20. The van der Waals surface area contributed by atoms with Crippen LogP contribution in [0.5, 0.6) is 0 Å². The molecule has 2 bridgehead atoms. The van der Waals surface area contributed by atoms with Crippen molar-refractivity contribution in [2.45, 2.75) is 62.9 Å². The largest absolute Gasteiger partial charge is 0.352 e. The fraction of sp³-hybridized carbons (Fsp3) is 0.632. The summed E-state index contributed by atoms with van der Waals surface area (Å²) >= 11 is 1.65. The Balaban J connectivity index is 1.56. The molecule has 4 heteroatoms. The van der Waals surface area contributed by atoms with Crippen molar-refractivity contribution in [2.24, 2.45) is 17.6 Å². The summed E-state index contributed by atoms with van der Waals surface area (Å²) in [5, 5.41) is 3.33. The van der Waals surface area contributed by atoms with E-state index >= 15 is 0 Å². The maximum absolute atomic E-state index is 12.4. The number of amides is 1. The van der Waals surface area contributed by atoms with Gasteiger partial charge in [-0.05, 0) is 63.0 Å². The van der Waals surface area contributed by atoms with Gasteiger partial charge >= 0.3 is 0 Å². The minimum atomic E-state index is 0.174. The van der Waals surface area contributed by atoms with E-state index in [9.17, 15) is 4.79 Å². The van der Waals surface area contributed by atoms with Gasteiger partial charge in [0.2, 0.25) is 5.91 Å². The van der Waals surface area contributed by atoms with Gasteiger partial charge in [-0.15, -0.1) is 11.8 Å². The number of hydrogen-bond donors (Lipinski definition) is 2. The molecule has 23 heavy (non-hydrogen) atoms. The summed E-state index contributed by atoms with van der Waals surface area (Å²) in [6.07, 6.45) is 5.89. The first-order chi connectivity index (χ1) is 11.0. The number of benzene rings is 1. The van der Waals surface area contributed by atoms with Crippen molar-refractivity contribution in [3.63, 3.8) is 0 Å². The van der Waals surface area contributed by atoms with Crippen LogP contribution in [0.15, 0.2) is 23.1 Å². The maximum Gasteiger partial charge on any atom is 0.230 e. The number of nitrogens with two attached hydrogens (primary N) is 1. The molecule has 1 aromatic carbocycles. The van der Waals surface area contributed by atoms with E-state index in [1.165, 1.54) is 35.3 Å². The van der Waals surface area contributed by atoms with E-state index in [0.29, 0.717) is 29.7 Å². The maximum atomic E-state index is 12.4. The molecule has 3 N–H and O–H groups in total. The molecule has 126 valence electrons. The number of carbonyl (C=O) groups excluding carboxylic acids is 1. The van der Waals surface area contributed by atoms with Gasteiger partial charge in [-0.1, -0.05) is 24.1 Å². The van der Waals surface area contributed by atoms with Gasteiger partial charge in [0.25, 0.3) is 0 Å².